The summed E-state index contributed by atoms with van der Waals surface area (Å²) in [6.45, 7) is 4.28. The van der Waals surface area contributed by atoms with Crippen molar-refractivity contribution < 1.29 is 0 Å². The topological polar surface area (TPSA) is 0 Å². The van der Waals surface area contributed by atoms with E-state index in [1.807, 2.05) is 13.0 Å². The lowest BCUT2D eigenvalue weighted by Crippen LogP contribution is -1.64. The normalized spacial score (nSPS) is 33.2. The van der Waals surface area contributed by atoms with Gasteiger partial charge < -0.3 is 0 Å². The van der Waals surface area contributed by atoms with Crippen molar-refractivity contribution in [1.82, 2.24) is 0 Å². The van der Waals surface area contributed by atoms with E-state index < -0.39 is 0 Å². The van der Waals surface area contributed by atoms with Crippen LogP contribution in [0.1, 0.15) is 20.3 Å². The van der Waals surface area contributed by atoms with Gasteiger partial charge in [-0.3, -0.25) is 0 Å². The van der Waals surface area contributed by atoms with Crippen LogP contribution in [-0.4, -0.2) is 0 Å². The van der Waals surface area contributed by atoms with Crippen molar-refractivity contribution in [3.05, 3.63) is 17.9 Å². The van der Waals surface area contributed by atoms with E-state index in [4.69, 9.17) is 0 Å². The van der Waals surface area contributed by atoms with Gasteiger partial charge in [0.2, 0.25) is 0 Å². The Bertz CT molecular complexity index is 127. The third kappa shape index (κ3) is 1.24. The van der Waals surface area contributed by atoms with Gasteiger partial charge in [-0.15, -0.1) is 5.73 Å². The first-order valence-electron chi connectivity index (χ1n) is 3.22. The maximum atomic E-state index is 3.09. The van der Waals surface area contributed by atoms with E-state index >= 15 is 0 Å². The molecule has 1 rings (SSSR count). The minimum Gasteiger partial charge on any atom is -0.130 e. The van der Waals surface area contributed by atoms with Gasteiger partial charge in [-0.2, -0.15) is 0 Å². The molecule has 2 unspecified atom stereocenters. The van der Waals surface area contributed by atoms with Crippen LogP contribution in [0.25, 0.3) is 0 Å². The molecule has 0 radical (unpaired) electrons. The predicted octanol–water partition coefficient (Wildman–Crippen LogP) is 2.37. The summed E-state index contributed by atoms with van der Waals surface area (Å²) in [4.78, 5) is 0. The van der Waals surface area contributed by atoms with E-state index in [2.05, 4.69) is 18.7 Å². The molecular formula is C8H12. The minimum atomic E-state index is 0.853. The first-order valence-corrected chi connectivity index (χ1v) is 3.22. The molecule has 2 atom stereocenters. The van der Waals surface area contributed by atoms with Gasteiger partial charge in [0, 0.05) is 0 Å². The van der Waals surface area contributed by atoms with Crippen LogP contribution in [0.15, 0.2) is 17.9 Å². The molecule has 1 aliphatic carbocycles. The lowest BCUT2D eigenvalue weighted by molar-refractivity contribution is 0.900. The molecule has 0 bridgehead atoms. The molecule has 0 amide bonds. The first kappa shape index (κ1) is 5.65. The summed E-state index contributed by atoms with van der Waals surface area (Å²) in [5.74, 6) is 1.79. The van der Waals surface area contributed by atoms with Crippen molar-refractivity contribution in [2.45, 2.75) is 20.3 Å². The quantitative estimate of drug-likeness (QED) is 0.452. The molecule has 0 aliphatic heterocycles. The Hall–Kier alpha value is -0.480. The molecule has 0 nitrogen and oxygen atoms in total. The lowest BCUT2D eigenvalue weighted by atomic mass is 10.3. The van der Waals surface area contributed by atoms with E-state index in [-0.39, 0.29) is 0 Å². The van der Waals surface area contributed by atoms with Crippen molar-refractivity contribution in [2.75, 3.05) is 0 Å². The second kappa shape index (κ2) is 2.19. The average molecular weight is 108 g/mol. The van der Waals surface area contributed by atoms with Crippen LogP contribution in [0.5, 0.6) is 0 Å². The van der Waals surface area contributed by atoms with Gasteiger partial charge in [-0.1, -0.05) is 6.92 Å². The Labute approximate surface area is 50.9 Å². The summed E-state index contributed by atoms with van der Waals surface area (Å²) in [7, 11) is 0. The molecule has 0 heteroatoms. The van der Waals surface area contributed by atoms with Crippen LogP contribution in [0.2, 0.25) is 0 Å². The first-order chi connectivity index (χ1) is 3.84. The molecule has 0 N–H and O–H groups in total. The zero-order chi connectivity index (χ0) is 5.98. The fourth-order valence-corrected chi connectivity index (χ4v) is 0.803. The van der Waals surface area contributed by atoms with Crippen LogP contribution in [0, 0.1) is 11.8 Å². The molecule has 0 heterocycles. The Morgan fingerprint density at radius 1 is 1.62 bits per heavy atom. The molecule has 0 aromatic rings. The zero-order valence-electron chi connectivity index (χ0n) is 5.52. The lowest BCUT2D eigenvalue weighted by Gasteiger charge is -1.73. The number of hydrogen-bond acceptors (Lipinski definition) is 0. The van der Waals surface area contributed by atoms with Gasteiger partial charge in [0.15, 0.2) is 0 Å². The number of allylic oxidation sites excluding steroid dienone is 1. The van der Waals surface area contributed by atoms with Crippen molar-refractivity contribution >= 4 is 0 Å². The molecule has 0 saturated heterocycles. The Morgan fingerprint density at radius 2 is 2.25 bits per heavy atom. The van der Waals surface area contributed by atoms with E-state index in [1.54, 1.807) is 0 Å². The largest absolute Gasteiger partial charge is 0.130 e. The Kier molecular flexibility index (Phi) is 1.55. The molecule has 1 aliphatic rings. The number of rotatable bonds is 1. The van der Waals surface area contributed by atoms with Crippen LogP contribution < -0.4 is 0 Å². The Balaban J connectivity index is 2.32. The summed E-state index contributed by atoms with van der Waals surface area (Å²) in [6, 6.07) is 0. The highest BCUT2D eigenvalue weighted by molar-refractivity contribution is 4.99. The van der Waals surface area contributed by atoms with Crippen molar-refractivity contribution in [3.8, 4) is 0 Å². The van der Waals surface area contributed by atoms with E-state index in [0.717, 1.165) is 11.8 Å². The van der Waals surface area contributed by atoms with Crippen molar-refractivity contribution in [3.63, 3.8) is 0 Å². The molecule has 0 aromatic carbocycles. The van der Waals surface area contributed by atoms with Crippen molar-refractivity contribution in [2.24, 2.45) is 11.8 Å². The molecule has 1 saturated carbocycles. The highest BCUT2D eigenvalue weighted by atomic mass is 14.3. The smallest absolute Gasteiger partial charge is 0.0129 e. The highest BCUT2D eigenvalue weighted by Gasteiger charge is 2.29. The second-order valence-electron chi connectivity index (χ2n) is 2.50. The van der Waals surface area contributed by atoms with E-state index in [1.165, 1.54) is 6.42 Å². The van der Waals surface area contributed by atoms with Crippen LogP contribution in [0.3, 0.4) is 0 Å². The van der Waals surface area contributed by atoms with Crippen molar-refractivity contribution in [1.29, 1.82) is 0 Å². The van der Waals surface area contributed by atoms with E-state index in [9.17, 15) is 0 Å². The maximum absolute atomic E-state index is 3.09. The third-order valence-corrected chi connectivity index (χ3v) is 1.65. The standard InChI is InChI=1S/C8H12/c1-3-4-5-8-6-7(8)2/h3,5,7-8H,6H2,1-2H3. The van der Waals surface area contributed by atoms with Crippen LogP contribution in [-0.2, 0) is 0 Å². The molecule has 0 spiro atoms. The minimum absolute atomic E-state index is 0.853. The predicted molar refractivity (Wildman–Crippen MR) is 35.6 cm³/mol. The van der Waals surface area contributed by atoms with Gasteiger partial charge >= 0.3 is 0 Å². The molecular weight excluding hydrogens is 96.1 g/mol. The monoisotopic (exact) mass is 108 g/mol. The van der Waals surface area contributed by atoms with Gasteiger partial charge in [0.1, 0.15) is 0 Å². The zero-order valence-corrected chi connectivity index (χ0v) is 5.52. The van der Waals surface area contributed by atoms with Gasteiger partial charge in [-0.05, 0) is 37.3 Å². The van der Waals surface area contributed by atoms with Gasteiger partial charge in [0.05, 0.1) is 0 Å². The van der Waals surface area contributed by atoms with Crippen LogP contribution in [0.4, 0.5) is 0 Å². The highest BCUT2D eigenvalue weighted by Crippen LogP contribution is 2.38. The van der Waals surface area contributed by atoms with Gasteiger partial charge in [0.25, 0.3) is 0 Å². The summed E-state index contributed by atoms with van der Waals surface area (Å²) in [5, 5.41) is 0. The maximum Gasteiger partial charge on any atom is -0.0129 e. The summed E-state index contributed by atoms with van der Waals surface area (Å²) in [5.41, 5.74) is 3.09. The molecule has 8 heavy (non-hydrogen) atoms. The van der Waals surface area contributed by atoms with E-state index in [0.29, 0.717) is 0 Å². The molecule has 0 aromatic heterocycles. The summed E-state index contributed by atoms with van der Waals surface area (Å²) >= 11 is 0. The second-order valence-corrected chi connectivity index (χ2v) is 2.50. The average Bonchev–Trinajstić information content (AvgIpc) is 2.42. The fraction of sp³-hybridized carbons (Fsp3) is 0.625. The summed E-state index contributed by atoms with van der Waals surface area (Å²) in [6.07, 6.45) is 5.51. The fourth-order valence-electron chi connectivity index (χ4n) is 0.803. The number of hydrogen-bond donors (Lipinski definition) is 0. The third-order valence-electron chi connectivity index (χ3n) is 1.65. The molecule has 44 valence electrons. The van der Waals surface area contributed by atoms with Gasteiger partial charge in [-0.25, -0.2) is 0 Å². The van der Waals surface area contributed by atoms with Crippen LogP contribution >= 0.6 is 0 Å². The summed E-state index contributed by atoms with van der Waals surface area (Å²) < 4.78 is 0. The Morgan fingerprint density at radius 3 is 2.62 bits per heavy atom. The SMILES string of the molecule is CC=C=CC1CC1C. The molecule has 1 fully saturated rings.